The third-order valence-electron chi connectivity index (χ3n) is 4.82. The van der Waals surface area contributed by atoms with Crippen molar-refractivity contribution in [3.63, 3.8) is 0 Å². The van der Waals surface area contributed by atoms with Crippen LogP contribution in [0.4, 0.5) is 0 Å². The van der Waals surface area contributed by atoms with E-state index in [1.54, 1.807) is 50.9 Å². The summed E-state index contributed by atoms with van der Waals surface area (Å²) in [6.07, 6.45) is 0. The summed E-state index contributed by atoms with van der Waals surface area (Å²) in [5.74, 6) is 1.10. The predicted molar refractivity (Wildman–Crippen MR) is 120 cm³/mol. The van der Waals surface area contributed by atoms with Crippen molar-refractivity contribution in [2.45, 2.75) is 6.61 Å². The largest absolute Gasteiger partial charge is 0.493 e. The molecule has 0 saturated heterocycles. The van der Waals surface area contributed by atoms with Crippen LogP contribution >= 0.6 is 11.3 Å². The predicted octanol–water partition coefficient (Wildman–Crippen LogP) is 5.35. The van der Waals surface area contributed by atoms with Gasteiger partial charge in [0.25, 0.3) is 0 Å². The quantitative estimate of drug-likeness (QED) is 0.365. The Morgan fingerprint density at radius 3 is 2.32 bits per heavy atom. The van der Waals surface area contributed by atoms with Gasteiger partial charge in [-0.05, 0) is 35.7 Å². The summed E-state index contributed by atoms with van der Waals surface area (Å²) in [4.78, 5) is 18.7. The number of carbonyl (C=O) groups excluding carboxylic acids is 1. The summed E-state index contributed by atoms with van der Waals surface area (Å²) in [5, 5.41) is 2.68. The number of methoxy groups -OCH3 is 3. The number of fused-ring (bicyclic) bond motifs is 1. The van der Waals surface area contributed by atoms with E-state index in [0.717, 1.165) is 15.8 Å². The highest BCUT2D eigenvalue weighted by molar-refractivity contribution is 7.09. The van der Waals surface area contributed by atoms with Crippen LogP contribution in [0, 0.1) is 0 Å². The van der Waals surface area contributed by atoms with Crippen LogP contribution < -0.4 is 14.2 Å². The highest BCUT2D eigenvalue weighted by Gasteiger charge is 2.19. The lowest BCUT2D eigenvalue weighted by Gasteiger charge is -2.15. The molecule has 31 heavy (non-hydrogen) atoms. The molecule has 158 valence electrons. The average molecular weight is 436 g/mol. The van der Waals surface area contributed by atoms with Crippen molar-refractivity contribution < 1.29 is 23.7 Å². The van der Waals surface area contributed by atoms with Gasteiger partial charge in [0.1, 0.15) is 6.61 Å². The van der Waals surface area contributed by atoms with Crippen LogP contribution in [0.15, 0.2) is 60.0 Å². The molecule has 0 aliphatic carbocycles. The van der Waals surface area contributed by atoms with Crippen LogP contribution in [0.25, 0.3) is 22.2 Å². The number of thiophene rings is 1. The van der Waals surface area contributed by atoms with Crippen molar-refractivity contribution in [3.05, 3.63) is 70.4 Å². The van der Waals surface area contributed by atoms with Gasteiger partial charge in [0, 0.05) is 15.8 Å². The van der Waals surface area contributed by atoms with Crippen molar-refractivity contribution in [2.24, 2.45) is 0 Å². The van der Waals surface area contributed by atoms with Gasteiger partial charge in [-0.25, -0.2) is 9.78 Å². The van der Waals surface area contributed by atoms with Gasteiger partial charge in [0.05, 0.1) is 38.1 Å². The van der Waals surface area contributed by atoms with Crippen molar-refractivity contribution in [1.29, 1.82) is 0 Å². The third-order valence-corrected chi connectivity index (χ3v) is 5.67. The fourth-order valence-corrected chi connectivity index (χ4v) is 3.95. The van der Waals surface area contributed by atoms with Gasteiger partial charge < -0.3 is 18.9 Å². The molecule has 0 spiro atoms. The third kappa shape index (κ3) is 4.18. The molecular weight excluding hydrogens is 414 g/mol. The standard InChI is InChI=1S/C24H21NO5S/c1-27-21-11-15(12-22(28-2)23(21)29-3)20-13-18(17-8-4-5-9-19(17)25-20)24(26)30-14-16-7-6-10-31-16/h4-13H,14H2,1-3H3. The van der Waals surface area contributed by atoms with E-state index >= 15 is 0 Å². The van der Waals surface area contributed by atoms with E-state index in [-0.39, 0.29) is 6.61 Å². The summed E-state index contributed by atoms with van der Waals surface area (Å²) >= 11 is 1.55. The average Bonchev–Trinajstić information content (AvgIpc) is 3.34. The first kappa shape index (κ1) is 20.7. The van der Waals surface area contributed by atoms with Crippen molar-refractivity contribution in [3.8, 4) is 28.5 Å². The lowest BCUT2D eigenvalue weighted by atomic mass is 10.0. The summed E-state index contributed by atoms with van der Waals surface area (Å²) in [5.41, 5.74) is 2.47. The molecule has 2 aromatic carbocycles. The second-order valence-electron chi connectivity index (χ2n) is 6.64. The Morgan fingerprint density at radius 1 is 0.935 bits per heavy atom. The fourth-order valence-electron chi connectivity index (χ4n) is 3.33. The van der Waals surface area contributed by atoms with Crippen LogP contribution in [-0.4, -0.2) is 32.3 Å². The van der Waals surface area contributed by atoms with Gasteiger partial charge in [-0.1, -0.05) is 24.3 Å². The summed E-state index contributed by atoms with van der Waals surface area (Å²) in [6.45, 7) is 0.229. The van der Waals surface area contributed by atoms with E-state index in [4.69, 9.17) is 23.9 Å². The molecule has 0 N–H and O–H groups in total. The number of benzene rings is 2. The van der Waals surface area contributed by atoms with E-state index in [2.05, 4.69) is 0 Å². The zero-order valence-corrected chi connectivity index (χ0v) is 18.2. The van der Waals surface area contributed by atoms with E-state index in [0.29, 0.717) is 34.0 Å². The number of esters is 1. The zero-order valence-electron chi connectivity index (χ0n) is 17.4. The first-order valence-electron chi connectivity index (χ1n) is 9.54. The van der Waals surface area contributed by atoms with Gasteiger partial charge >= 0.3 is 5.97 Å². The van der Waals surface area contributed by atoms with Crippen LogP contribution in [0.5, 0.6) is 17.2 Å². The Kier molecular flexibility index (Phi) is 6.04. The highest BCUT2D eigenvalue weighted by Crippen LogP contribution is 2.41. The van der Waals surface area contributed by atoms with Gasteiger partial charge in [-0.15, -0.1) is 11.3 Å². The molecule has 0 fully saturated rings. The minimum absolute atomic E-state index is 0.229. The van der Waals surface area contributed by atoms with Gasteiger partial charge in [0.15, 0.2) is 11.5 Å². The molecular formula is C24H21NO5S. The SMILES string of the molecule is COc1cc(-c2cc(C(=O)OCc3cccs3)c3ccccc3n2)cc(OC)c1OC. The summed E-state index contributed by atoms with van der Waals surface area (Å²) < 4.78 is 21.9. The molecule has 6 nitrogen and oxygen atoms in total. The molecule has 7 heteroatoms. The molecule has 4 aromatic rings. The van der Waals surface area contributed by atoms with Crippen LogP contribution in [0.2, 0.25) is 0 Å². The number of para-hydroxylation sites is 1. The van der Waals surface area contributed by atoms with Gasteiger partial charge in [0.2, 0.25) is 5.75 Å². The molecule has 0 aliphatic rings. The van der Waals surface area contributed by atoms with Crippen LogP contribution in [0.1, 0.15) is 15.2 Å². The molecule has 0 bridgehead atoms. The van der Waals surface area contributed by atoms with E-state index < -0.39 is 5.97 Å². The Labute approximate surface area is 184 Å². The number of hydrogen-bond acceptors (Lipinski definition) is 7. The van der Waals surface area contributed by atoms with Gasteiger partial charge in [-0.2, -0.15) is 0 Å². The highest BCUT2D eigenvalue weighted by atomic mass is 32.1. The van der Waals surface area contributed by atoms with Gasteiger partial charge in [-0.3, -0.25) is 0 Å². The maximum absolute atomic E-state index is 13.0. The second kappa shape index (κ2) is 9.06. The molecule has 2 aromatic heterocycles. The zero-order chi connectivity index (χ0) is 21.8. The maximum Gasteiger partial charge on any atom is 0.339 e. The molecule has 0 aliphatic heterocycles. The Morgan fingerprint density at radius 2 is 1.68 bits per heavy atom. The van der Waals surface area contributed by atoms with Crippen LogP contribution in [0.3, 0.4) is 0 Å². The van der Waals surface area contributed by atoms with Crippen molar-refractivity contribution >= 4 is 28.2 Å². The lowest BCUT2D eigenvalue weighted by Crippen LogP contribution is -2.07. The first-order chi connectivity index (χ1) is 15.1. The smallest absolute Gasteiger partial charge is 0.339 e. The fraction of sp³-hybridized carbons (Fsp3) is 0.167. The van der Waals surface area contributed by atoms with Crippen molar-refractivity contribution in [1.82, 2.24) is 4.98 Å². The number of aromatic nitrogens is 1. The topological polar surface area (TPSA) is 66.9 Å². The summed E-state index contributed by atoms with van der Waals surface area (Å²) in [7, 11) is 4.67. The maximum atomic E-state index is 13.0. The molecule has 2 heterocycles. The molecule has 0 atom stereocenters. The van der Waals surface area contributed by atoms with Crippen LogP contribution in [-0.2, 0) is 11.3 Å². The Balaban J connectivity index is 1.80. The molecule has 0 saturated carbocycles. The monoisotopic (exact) mass is 435 g/mol. The number of nitrogens with zero attached hydrogens (tertiary/aromatic N) is 1. The number of hydrogen-bond donors (Lipinski definition) is 0. The number of pyridine rings is 1. The Bertz CT molecular complexity index is 1200. The minimum Gasteiger partial charge on any atom is -0.493 e. The number of rotatable bonds is 7. The minimum atomic E-state index is -0.402. The number of ether oxygens (including phenoxy) is 4. The Hall–Kier alpha value is -3.58. The van der Waals surface area contributed by atoms with E-state index in [9.17, 15) is 4.79 Å². The van der Waals surface area contributed by atoms with E-state index in [1.165, 1.54) is 0 Å². The second-order valence-corrected chi connectivity index (χ2v) is 7.67. The van der Waals surface area contributed by atoms with Crippen molar-refractivity contribution in [2.75, 3.05) is 21.3 Å². The van der Waals surface area contributed by atoms with E-state index in [1.807, 2.05) is 41.8 Å². The lowest BCUT2D eigenvalue weighted by molar-refractivity contribution is 0.0479. The molecule has 0 radical (unpaired) electrons. The normalized spacial score (nSPS) is 10.7. The molecule has 0 amide bonds. The first-order valence-corrected chi connectivity index (χ1v) is 10.4. The molecule has 0 unspecified atom stereocenters. The molecule has 4 rings (SSSR count). The summed E-state index contributed by atoms with van der Waals surface area (Å²) in [6, 6.07) is 16.7. The number of carbonyl (C=O) groups is 1.